The Kier molecular flexibility index (Phi) is 7.41. The van der Waals surface area contributed by atoms with Crippen LogP contribution in [0.4, 0.5) is 0 Å². The number of carbonyl (C=O) groups excluding carboxylic acids is 2. The molecule has 0 aromatic rings. The Hall–Kier alpha value is -1.21. The minimum absolute atomic E-state index is 0.0211. The number of piperidine rings is 1. The molecule has 0 aliphatic carbocycles. The maximum absolute atomic E-state index is 11.6. The lowest BCUT2D eigenvalue weighted by Gasteiger charge is -2.33. The summed E-state index contributed by atoms with van der Waals surface area (Å²) < 4.78 is 16.2. The van der Waals surface area contributed by atoms with Crippen molar-refractivity contribution in [3.63, 3.8) is 0 Å². The molecule has 1 amide bonds. The Balaban J connectivity index is 2.87. The Morgan fingerprint density at radius 3 is 2.39 bits per heavy atom. The van der Waals surface area contributed by atoms with Crippen molar-refractivity contribution in [1.29, 1.82) is 0 Å². The van der Waals surface area contributed by atoms with Gasteiger partial charge in [0.1, 0.15) is 6.04 Å². The van der Waals surface area contributed by atoms with Crippen LogP contribution in [0.1, 0.15) is 26.7 Å². The van der Waals surface area contributed by atoms with E-state index in [0.29, 0.717) is 31.5 Å². The Labute approximate surface area is 135 Å². The quantitative estimate of drug-likeness (QED) is 0.356. The number of likely N-dealkylation sites (tertiary alicyclic amines) is 1. The summed E-state index contributed by atoms with van der Waals surface area (Å²) in [7, 11) is -4.28. The van der Waals surface area contributed by atoms with Gasteiger partial charge in [-0.15, -0.1) is 0 Å². The first-order valence-electron chi connectivity index (χ1n) is 7.57. The second kappa shape index (κ2) is 8.59. The van der Waals surface area contributed by atoms with Gasteiger partial charge in [-0.3, -0.25) is 14.2 Å². The van der Waals surface area contributed by atoms with Gasteiger partial charge >= 0.3 is 13.6 Å². The molecule has 0 aromatic carbocycles. The number of allylic oxidation sites excluding steroid dienone is 1. The molecule has 1 aliphatic rings. The molecule has 0 radical (unpaired) electrons. The van der Waals surface area contributed by atoms with Crippen LogP contribution in [-0.4, -0.2) is 58.5 Å². The third kappa shape index (κ3) is 6.83. The van der Waals surface area contributed by atoms with Crippen molar-refractivity contribution >= 4 is 19.5 Å². The second-order valence-corrected chi connectivity index (χ2v) is 7.27. The van der Waals surface area contributed by atoms with Crippen LogP contribution in [-0.2, 0) is 18.9 Å². The van der Waals surface area contributed by atoms with E-state index in [9.17, 15) is 23.9 Å². The predicted octanol–water partition coefficient (Wildman–Crippen LogP) is 0.239. The van der Waals surface area contributed by atoms with Crippen molar-refractivity contribution < 1.29 is 28.7 Å². The van der Waals surface area contributed by atoms with Gasteiger partial charge in [0, 0.05) is 20.0 Å². The monoisotopic (exact) mass is 348 g/mol. The number of nitrogens with zero attached hydrogens (tertiary/aromatic N) is 1. The number of hydrogen-bond acceptors (Lipinski definition) is 5. The van der Waals surface area contributed by atoms with Crippen molar-refractivity contribution in [3.8, 4) is 0 Å². The summed E-state index contributed by atoms with van der Waals surface area (Å²) in [6.07, 6.45) is 2.12. The number of rotatable bonds is 6. The van der Waals surface area contributed by atoms with E-state index in [0.717, 1.165) is 0 Å². The molecule has 0 aromatic heterocycles. The minimum atomic E-state index is -4.28. The van der Waals surface area contributed by atoms with E-state index >= 15 is 0 Å². The number of amides is 1. The van der Waals surface area contributed by atoms with E-state index < -0.39 is 25.8 Å². The summed E-state index contributed by atoms with van der Waals surface area (Å²) in [6.45, 7) is 4.37. The zero-order valence-electron chi connectivity index (χ0n) is 13.5. The fraction of sp³-hybridized carbons (Fsp3) is 0.714. The molecule has 1 saturated heterocycles. The second-order valence-electron chi connectivity index (χ2n) is 5.62. The lowest BCUT2D eigenvalue weighted by Crippen LogP contribution is -2.38. The van der Waals surface area contributed by atoms with Crippen LogP contribution >= 0.6 is 7.60 Å². The average Bonchev–Trinajstić information content (AvgIpc) is 2.45. The third-order valence-electron chi connectivity index (χ3n) is 3.81. The Morgan fingerprint density at radius 1 is 1.39 bits per heavy atom. The summed E-state index contributed by atoms with van der Waals surface area (Å²) >= 11 is 0. The maximum atomic E-state index is 11.6. The van der Waals surface area contributed by atoms with Crippen LogP contribution in [0.15, 0.2) is 11.6 Å². The highest BCUT2D eigenvalue weighted by Crippen LogP contribution is 2.40. The number of hydrogen-bond donors (Lipinski definition) is 3. The molecule has 8 nitrogen and oxygen atoms in total. The van der Waals surface area contributed by atoms with Gasteiger partial charge in [-0.05, 0) is 25.7 Å². The standard InChI is InChI=1S/C14H25N2O6P/c1-3-22-14(18)13(15)8-12(9-23(19,20)21)11-4-6-16(7-5-11)10(2)17/h8,11,13H,3-7,9,15H2,1-2H3,(H2,19,20,21)/b12-8-. The molecule has 9 heteroatoms. The molecule has 0 spiro atoms. The number of nitrogens with two attached hydrogens (primary N) is 1. The first-order chi connectivity index (χ1) is 10.6. The Morgan fingerprint density at radius 2 is 1.96 bits per heavy atom. The normalized spacial score (nSPS) is 18.7. The Bertz CT molecular complexity index is 507. The van der Waals surface area contributed by atoms with Crippen LogP contribution in [0.2, 0.25) is 0 Å². The van der Waals surface area contributed by atoms with Crippen LogP contribution < -0.4 is 5.73 Å². The summed E-state index contributed by atoms with van der Waals surface area (Å²) in [5, 5.41) is 0. The SMILES string of the molecule is CCOC(=O)C(N)/C=C(/CP(=O)(O)O)C1CCN(C(C)=O)CC1. The van der Waals surface area contributed by atoms with Gasteiger partial charge in [-0.2, -0.15) is 0 Å². The van der Waals surface area contributed by atoms with Crippen molar-refractivity contribution in [3.05, 3.63) is 11.6 Å². The molecule has 4 N–H and O–H groups in total. The van der Waals surface area contributed by atoms with Crippen LogP contribution in [0, 0.1) is 5.92 Å². The van der Waals surface area contributed by atoms with Crippen LogP contribution in [0.5, 0.6) is 0 Å². The predicted molar refractivity (Wildman–Crippen MR) is 84.6 cm³/mol. The molecule has 1 heterocycles. The summed E-state index contributed by atoms with van der Waals surface area (Å²) in [6, 6.07) is -1.05. The lowest BCUT2D eigenvalue weighted by atomic mass is 9.89. The van der Waals surface area contributed by atoms with Gasteiger partial charge in [0.25, 0.3) is 0 Å². The molecule has 0 bridgehead atoms. The third-order valence-corrected chi connectivity index (χ3v) is 4.58. The fourth-order valence-electron chi connectivity index (χ4n) is 2.66. The molecule has 1 rings (SSSR count). The summed E-state index contributed by atoms with van der Waals surface area (Å²) in [4.78, 5) is 43.2. The van der Waals surface area contributed by atoms with Gasteiger partial charge in [-0.25, -0.2) is 0 Å². The van der Waals surface area contributed by atoms with Crippen LogP contribution in [0.25, 0.3) is 0 Å². The van der Waals surface area contributed by atoms with Crippen molar-refractivity contribution in [1.82, 2.24) is 4.90 Å². The van der Waals surface area contributed by atoms with Crippen LogP contribution in [0.3, 0.4) is 0 Å². The smallest absolute Gasteiger partial charge is 0.329 e. The maximum Gasteiger partial charge on any atom is 0.329 e. The molecule has 23 heavy (non-hydrogen) atoms. The van der Waals surface area contributed by atoms with Gasteiger partial charge in [0.15, 0.2) is 0 Å². The number of esters is 1. The topological polar surface area (TPSA) is 130 Å². The highest BCUT2D eigenvalue weighted by molar-refractivity contribution is 7.52. The zero-order valence-corrected chi connectivity index (χ0v) is 14.4. The van der Waals surface area contributed by atoms with E-state index in [1.54, 1.807) is 11.8 Å². The van der Waals surface area contributed by atoms with E-state index in [4.69, 9.17) is 10.5 Å². The molecular formula is C14H25N2O6P. The molecule has 1 fully saturated rings. The molecule has 1 aliphatic heterocycles. The first kappa shape index (κ1) is 19.8. The molecule has 1 atom stereocenters. The average molecular weight is 348 g/mol. The van der Waals surface area contributed by atoms with Crippen molar-refractivity contribution in [2.45, 2.75) is 32.7 Å². The largest absolute Gasteiger partial charge is 0.465 e. The molecule has 132 valence electrons. The van der Waals surface area contributed by atoms with Gasteiger partial charge in [-0.1, -0.05) is 11.6 Å². The zero-order chi connectivity index (χ0) is 17.6. The lowest BCUT2D eigenvalue weighted by molar-refractivity contribution is -0.143. The number of carbonyl (C=O) groups is 2. The fourth-order valence-corrected chi connectivity index (χ4v) is 3.50. The first-order valence-corrected chi connectivity index (χ1v) is 9.36. The van der Waals surface area contributed by atoms with E-state index in [1.165, 1.54) is 13.0 Å². The van der Waals surface area contributed by atoms with E-state index in [1.807, 2.05) is 0 Å². The van der Waals surface area contributed by atoms with Crippen molar-refractivity contribution in [2.24, 2.45) is 11.7 Å². The molecule has 0 saturated carbocycles. The molecular weight excluding hydrogens is 323 g/mol. The van der Waals surface area contributed by atoms with E-state index in [-0.39, 0.29) is 18.4 Å². The number of ether oxygens (including phenoxy) is 1. The minimum Gasteiger partial charge on any atom is -0.465 e. The summed E-state index contributed by atoms with van der Waals surface area (Å²) in [5.74, 6) is -0.761. The van der Waals surface area contributed by atoms with E-state index in [2.05, 4.69) is 0 Å². The highest BCUT2D eigenvalue weighted by atomic mass is 31.2. The van der Waals surface area contributed by atoms with Gasteiger partial charge in [0.05, 0.1) is 12.8 Å². The van der Waals surface area contributed by atoms with Gasteiger partial charge < -0.3 is 25.2 Å². The summed E-state index contributed by atoms with van der Waals surface area (Å²) in [5.41, 5.74) is 6.20. The van der Waals surface area contributed by atoms with Crippen molar-refractivity contribution in [2.75, 3.05) is 25.9 Å². The molecule has 1 unspecified atom stereocenters. The highest BCUT2D eigenvalue weighted by Gasteiger charge is 2.28. The van der Waals surface area contributed by atoms with Gasteiger partial charge in [0.2, 0.25) is 5.91 Å².